The van der Waals surface area contributed by atoms with Gasteiger partial charge >= 0.3 is 0 Å². The molecule has 3 heteroatoms. The fourth-order valence-corrected chi connectivity index (χ4v) is 2.74. The van der Waals surface area contributed by atoms with Gasteiger partial charge in [0.1, 0.15) is 0 Å². The Labute approximate surface area is 98.5 Å². The van der Waals surface area contributed by atoms with Gasteiger partial charge in [-0.3, -0.25) is 4.99 Å². The number of ether oxygens (including phenoxy) is 1. The zero-order chi connectivity index (χ0) is 11.2. The van der Waals surface area contributed by atoms with Crippen LogP contribution in [0.15, 0.2) is 4.99 Å². The van der Waals surface area contributed by atoms with Crippen molar-refractivity contribution in [3.05, 3.63) is 0 Å². The third kappa shape index (κ3) is 3.48. The molecular weight excluding hydrogens is 200 g/mol. The van der Waals surface area contributed by atoms with Crippen molar-refractivity contribution in [2.24, 2.45) is 16.6 Å². The molecule has 2 aliphatic rings. The summed E-state index contributed by atoms with van der Waals surface area (Å²) in [6.45, 7) is 1.79. The average Bonchev–Trinajstić information content (AvgIpc) is 2.83. The van der Waals surface area contributed by atoms with E-state index in [1.165, 1.54) is 44.9 Å². The Balaban J connectivity index is 1.68. The number of nitrogens with two attached hydrogens (primary N) is 1. The molecule has 0 aromatic heterocycles. The smallest absolute Gasteiger partial charge is 0.0968 e. The average molecular weight is 224 g/mol. The lowest BCUT2D eigenvalue weighted by atomic mass is 9.88. The van der Waals surface area contributed by atoms with Crippen molar-refractivity contribution >= 4 is 5.84 Å². The summed E-state index contributed by atoms with van der Waals surface area (Å²) in [5.74, 6) is 1.47. The van der Waals surface area contributed by atoms with Crippen LogP contribution in [0.5, 0.6) is 0 Å². The molecule has 0 aromatic carbocycles. The molecule has 3 nitrogen and oxygen atoms in total. The first-order chi connectivity index (χ1) is 7.86. The summed E-state index contributed by atoms with van der Waals surface area (Å²) in [4.78, 5) is 4.53. The van der Waals surface area contributed by atoms with Crippen molar-refractivity contribution < 1.29 is 4.74 Å². The minimum Gasteiger partial charge on any atom is -0.387 e. The molecular formula is C13H24N2O. The molecule has 1 atom stereocenters. The molecule has 1 aliphatic carbocycles. The number of amidine groups is 1. The van der Waals surface area contributed by atoms with Gasteiger partial charge in [-0.05, 0) is 32.1 Å². The van der Waals surface area contributed by atoms with Crippen LogP contribution in [0, 0.1) is 5.92 Å². The second kappa shape index (κ2) is 6.24. The van der Waals surface area contributed by atoms with E-state index in [4.69, 9.17) is 10.5 Å². The zero-order valence-corrected chi connectivity index (χ0v) is 10.2. The lowest BCUT2D eigenvalue weighted by Gasteiger charge is -2.21. The standard InChI is InChI=1S/C13H24N2O/c14-13(11-5-2-1-3-6-11)15-9-8-12-7-4-10-16-12/h11-12H,1-10H2,(H2,14,15). The van der Waals surface area contributed by atoms with Crippen LogP contribution in [0.3, 0.4) is 0 Å². The molecule has 2 fully saturated rings. The summed E-state index contributed by atoms with van der Waals surface area (Å²) < 4.78 is 5.57. The molecule has 16 heavy (non-hydrogen) atoms. The van der Waals surface area contributed by atoms with Crippen molar-refractivity contribution in [1.29, 1.82) is 0 Å². The van der Waals surface area contributed by atoms with Crippen LogP contribution in [-0.2, 0) is 4.74 Å². The largest absolute Gasteiger partial charge is 0.387 e. The third-order valence-corrected chi connectivity index (χ3v) is 3.79. The summed E-state index contributed by atoms with van der Waals surface area (Å²) >= 11 is 0. The molecule has 2 N–H and O–H groups in total. The van der Waals surface area contributed by atoms with E-state index in [0.29, 0.717) is 12.0 Å². The van der Waals surface area contributed by atoms with E-state index < -0.39 is 0 Å². The highest BCUT2D eigenvalue weighted by atomic mass is 16.5. The van der Waals surface area contributed by atoms with Crippen LogP contribution >= 0.6 is 0 Å². The summed E-state index contributed by atoms with van der Waals surface area (Å²) in [6, 6.07) is 0. The highest BCUT2D eigenvalue weighted by molar-refractivity contribution is 5.82. The summed E-state index contributed by atoms with van der Waals surface area (Å²) in [7, 11) is 0. The van der Waals surface area contributed by atoms with Crippen LogP contribution in [0.25, 0.3) is 0 Å². The Morgan fingerprint density at radius 2 is 1.94 bits per heavy atom. The molecule has 0 amide bonds. The van der Waals surface area contributed by atoms with Crippen molar-refractivity contribution in [3.8, 4) is 0 Å². The van der Waals surface area contributed by atoms with Gasteiger partial charge in [-0.25, -0.2) is 0 Å². The van der Waals surface area contributed by atoms with Gasteiger partial charge in [0, 0.05) is 19.1 Å². The molecule has 0 aromatic rings. The fraction of sp³-hybridized carbons (Fsp3) is 0.923. The van der Waals surface area contributed by atoms with Gasteiger partial charge in [-0.15, -0.1) is 0 Å². The minimum atomic E-state index is 0.447. The maximum atomic E-state index is 6.04. The topological polar surface area (TPSA) is 47.6 Å². The van der Waals surface area contributed by atoms with E-state index in [1.54, 1.807) is 0 Å². The fourth-order valence-electron chi connectivity index (χ4n) is 2.74. The van der Waals surface area contributed by atoms with E-state index in [9.17, 15) is 0 Å². The highest BCUT2D eigenvalue weighted by Crippen LogP contribution is 2.23. The first-order valence-corrected chi connectivity index (χ1v) is 6.77. The second-order valence-electron chi connectivity index (χ2n) is 5.07. The Morgan fingerprint density at radius 3 is 2.62 bits per heavy atom. The number of aliphatic imine (C=N–C) groups is 1. The van der Waals surface area contributed by atoms with E-state index >= 15 is 0 Å². The molecule has 2 rings (SSSR count). The second-order valence-corrected chi connectivity index (χ2v) is 5.07. The predicted octanol–water partition coefficient (Wildman–Crippen LogP) is 2.49. The van der Waals surface area contributed by atoms with Crippen molar-refractivity contribution in [2.75, 3.05) is 13.2 Å². The van der Waals surface area contributed by atoms with Gasteiger partial charge in [0.25, 0.3) is 0 Å². The summed E-state index contributed by atoms with van der Waals surface area (Å²) in [6.07, 6.45) is 10.4. The van der Waals surface area contributed by atoms with Gasteiger partial charge in [0.2, 0.25) is 0 Å². The Bertz CT molecular complexity index is 228. The molecule has 0 spiro atoms. The van der Waals surface area contributed by atoms with Crippen LogP contribution in [0.4, 0.5) is 0 Å². The number of hydrogen-bond donors (Lipinski definition) is 1. The SMILES string of the molecule is NC(=NCCC1CCCO1)C1CCCCC1. The number of rotatable bonds is 4. The molecule has 0 radical (unpaired) electrons. The van der Waals surface area contributed by atoms with Crippen molar-refractivity contribution in [1.82, 2.24) is 0 Å². The van der Waals surface area contributed by atoms with Crippen LogP contribution in [-0.4, -0.2) is 25.1 Å². The normalized spacial score (nSPS) is 28.5. The lowest BCUT2D eigenvalue weighted by Crippen LogP contribution is -2.26. The number of hydrogen-bond acceptors (Lipinski definition) is 2. The lowest BCUT2D eigenvalue weighted by molar-refractivity contribution is 0.106. The maximum Gasteiger partial charge on any atom is 0.0968 e. The van der Waals surface area contributed by atoms with Crippen LogP contribution in [0.1, 0.15) is 51.4 Å². The van der Waals surface area contributed by atoms with Gasteiger partial charge in [-0.2, -0.15) is 0 Å². The van der Waals surface area contributed by atoms with E-state index in [2.05, 4.69) is 4.99 Å². The Hall–Kier alpha value is -0.570. The zero-order valence-electron chi connectivity index (χ0n) is 10.2. The monoisotopic (exact) mass is 224 g/mol. The molecule has 1 saturated heterocycles. The van der Waals surface area contributed by atoms with E-state index in [-0.39, 0.29) is 0 Å². The van der Waals surface area contributed by atoms with Crippen LogP contribution in [0.2, 0.25) is 0 Å². The Morgan fingerprint density at radius 1 is 1.12 bits per heavy atom. The van der Waals surface area contributed by atoms with Gasteiger partial charge in [-0.1, -0.05) is 19.3 Å². The summed E-state index contributed by atoms with van der Waals surface area (Å²) in [5.41, 5.74) is 6.04. The first kappa shape index (κ1) is 11.9. The molecule has 1 saturated carbocycles. The highest BCUT2D eigenvalue weighted by Gasteiger charge is 2.17. The first-order valence-electron chi connectivity index (χ1n) is 6.77. The molecule has 92 valence electrons. The van der Waals surface area contributed by atoms with Crippen LogP contribution < -0.4 is 5.73 Å². The predicted molar refractivity (Wildman–Crippen MR) is 66.7 cm³/mol. The minimum absolute atomic E-state index is 0.447. The third-order valence-electron chi connectivity index (χ3n) is 3.79. The maximum absolute atomic E-state index is 6.04. The number of nitrogens with zero attached hydrogens (tertiary/aromatic N) is 1. The van der Waals surface area contributed by atoms with Crippen molar-refractivity contribution in [3.63, 3.8) is 0 Å². The molecule has 1 unspecified atom stereocenters. The Kier molecular flexibility index (Phi) is 4.64. The summed E-state index contributed by atoms with van der Waals surface area (Å²) in [5, 5.41) is 0. The van der Waals surface area contributed by atoms with E-state index in [0.717, 1.165) is 25.4 Å². The molecule has 1 heterocycles. The molecule has 1 aliphatic heterocycles. The van der Waals surface area contributed by atoms with E-state index in [1.807, 2.05) is 0 Å². The molecule has 0 bridgehead atoms. The quantitative estimate of drug-likeness (QED) is 0.589. The van der Waals surface area contributed by atoms with Gasteiger partial charge in [0.05, 0.1) is 11.9 Å². The van der Waals surface area contributed by atoms with Gasteiger partial charge in [0.15, 0.2) is 0 Å². The van der Waals surface area contributed by atoms with Gasteiger partial charge < -0.3 is 10.5 Å². The van der Waals surface area contributed by atoms with Crippen molar-refractivity contribution in [2.45, 2.75) is 57.5 Å².